The van der Waals surface area contributed by atoms with Crippen LogP contribution in [0.2, 0.25) is 5.02 Å². The number of aliphatic hydroxyl groups is 1. The summed E-state index contributed by atoms with van der Waals surface area (Å²) in [5.41, 5.74) is 2.48. The van der Waals surface area contributed by atoms with Crippen molar-refractivity contribution in [3.05, 3.63) is 100 Å². The number of hydrogen-bond donors (Lipinski definition) is 1. The van der Waals surface area contributed by atoms with Crippen molar-refractivity contribution in [1.82, 2.24) is 0 Å². The van der Waals surface area contributed by atoms with Gasteiger partial charge in [0.05, 0.1) is 18.7 Å². The summed E-state index contributed by atoms with van der Waals surface area (Å²) in [5, 5.41) is 11.5. The first-order chi connectivity index (χ1) is 14.9. The van der Waals surface area contributed by atoms with Crippen molar-refractivity contribution in [3.8, 4) is 5.75 Å². The molecule has 1 heterocycles. The fourth-order valence-corrected chi connectivity index (χ4v) is 3.86. The van der Waals surface area contributed by atoms with Crippen LogP contribution in [-0.4, -0.2) is 23.9 Å². The Bertz CT molecular complexity index is 1190. The molecule has 1 aliphatic rings. The third kappa shape index (κ3) is 3.68. The maximum atomic E-state index is 13.1. The maximum absolute atomic E-state index is 13.1. The van der Waals surface area contributed by atoms with Gasteiger partial charge in [-0.2, -0.15) is 0 Å². The second-order valence-electron chi connectivity index (χ2n) is 7.24. The summed E-state index contributed by atoms with van der Waals surface area (Å²) in [5.74, 6) is -1.06. The first-order valence-corrected chi connectivity index (χ1v) is 10.1. The van der Waals surface area contributed by atoms with Crippen LogP contribution >= 0.6 is 11.6 Å². The van der Waals surface area contributed by atoms with E-state index in [4.69, 9.17) is 16.3 Å². The lowest BCUT2D eigenvalue weighted by atomic mass is 9.95. The van der Waals surface area contributed by atoms with Crippen LogP contribution in [0.25, 0.3) is 5.76 Å². The minimum atomic E-state index is -0.815. The number of aryl methyl sites for hydroxylation is 1. The van der Waals surface area contributed by atoms with Gasteiger partial charge in [0, 0.05) is 16.3 Å². The number of hydrogen-bond acceptors (Lipinski definition) is 4. The molecule has 4 rings (SSSR count). The average Bonchev–Trinajstić information content (AvgIpc) is 3.06. The zero-order valence-corrected chi connectivity index (χ0v) is 17.8. The van der Waals surface area contributed by atoms with Crippen LogP contribution in [0.15, 0.2) is 78.4 Å². The molecule has 0 aromatic heterocycles. The molecule has 3 aromatic rings. The molecular formula is C25H20ClNO4. The Morgan fingerprint density at radius 3 is 2.29 bits per heavy atom. The Morgan fingerprint density at radius 1 is 1.00 bits per heavy atom. The standard InChI is InChI=1S/C25H20ClNO4/c1-15-8-11-18(14-20(15)26)27-22(16-9-12-19(31-2)13-10-16)21(24(29)25(27)30)23(28)17-6-4-3-5-7-17/h3-14,22,28H,1-2H3/b23-21-. The summed E-state index contributed by atoms with van der Waals surface area (Å²) in [7, 11) is 1.56. The van der Waals surface area contributed by atoms with Gasteiger partial charge < -0.3 is 9.84 Å². The van der Waals surface area contributed by atoms with E-state index in [9.17, 15) is 14.7 Å². The molecule has 1 atom stereocenters. The van der Waals surface area contributed by atoms with Crippen molar-refractivity contribution < 1.29 is 19.4 Å². The first-order valence-electron chi connectivity index (χ1n) is 9.69. The van der Waals surface area contributed by atoms with Crippen molar-refractivity contribution >= 4 is 34.7 Å². The zero-order valence-electron chi connectivity index (χ0n) is 17.0. The van der Waals surface area contributed by atoms with Gasteiger partial charge in [-0.15, -0.1) is 0 Å². The molecule has 0 saturated carbocycles. The number of amides is 1. The average molecular weight is 434 g/mol. The second kappa shape index (κ2) is 8.28. The Kier molecular flexibility index (Phi) is 5.53. The van der Waals surface area contributed by atoms with Gasteiger partial charge in [0.1, 0.15) is 11.5 Å². The molecule has 0 aliphatic carbocycles. The topological polar surface area (TPSA) is 66.8 Å². The lowest BCUT2D eigenvalue weighted by Gasteiger charge is -2.26. The first kappa shape index (κ1) is 20.7. The third-order valence-corrected chi connectivity index (χ3v) is 5.76. The van der Waals surface area contributed by atoms with Crippen molar-refractivity contribution in [2.24, 2.45) is 0 Å². The molecule has 0 spiro atoms. The molecule has 1 saturated heterocycles. The van der Waals surface area contributed by atoms with E-state index in [-0.39, 0.29) is 11.3 Å². The van der Waals surface area contributed by atoms with Crippen LogP contribution in [-0.2, 0) is 9.59 Å². The quantitative estimate of drug-likeness (QED) is 0.345. The minimum absolute atomic E-state index is 0.0260. The molecule has 5 nitrogen and oxygen atoms in total. The summed E-state index contributed by atoms with van der Waals surface area (Å²) in [6.07, 6.45) is 0. The number of ether oxygens (including phenoxy) is 1. The van der Waals surface area contributed by atoms with Crippen LogP contribution in [0.3, 0.4) is 0 Å². The van der Waals surface area contributed by atoms with Gasteiger partial charge >= 0.3 is 0 Å². The Hall–Kier alpha value is -3.57. The molecule has 1 amide bonds. The molecular weight excluding hydrogens is 414 g/mol. The number of ketones is 1. The predicted octanol–water partition coefficient (Wildman–Crippen LogP) is 5.28. The van der Waals surface area contributed by atoms with E-state index in [0.29, 0.717) is 27.6 Å². The van der Waals surface area contributed by atoms with Crippen LogP contribution in [0.4, 0.5) is 5.69 Å². The van der Waals surface area contributed by atoms with Gasteiger partial charge in [0.2, 0.25) is 0 Å². The molecule has 1 unspecified atom stereocenters. The SMILES string of the molecule is COc1ccc(C2/C(=C(/O)c3ccccc3)C(=O)C(=O)N2c2ccc(C)c(Cl)c2)cc1. The summed E-state index contributed by atoms with van der Waals surface area (Å²) in [6.45, 7) is 1.86. The molecule has 0 bridgehead atoms. The summed E-state index contributed by atoms with van der Waals surface area (Å²) in [6, 6.07) is 20.1. The van der Waals surface area contributed by atoms with Crippen molar-refractivity contribution in [2.75, 3.05) is 12.0 Å². The predicted molar refractivity (Wildman–Crippen MR) is 120 cm³/mol. The Morgan fingerprint density at radius 2 is 1.68 bits per heavy atom. The molecule has 156 valence electrons. The van der Waals surface area contributed by atoms with Gasteiger partial charge in [0.15, 0.2) is 0 Å². The second-order valence-corrected chi connectivity index (χ2v) is 7.65. The summed E-state index contributed by atoms with van der Waals surface area (Å²) < 4.78 is 5.23. The van der Waals surface area contributed by atoms with Crippen LogP contribution in [0.1, 0.15) is 22.7 Å². The number of aliphatic hydroxyl groups excluding tert-OH is 1. The molecule has 3 aromatic carbocycles. The number of carbonyl (C=O) groups excluding carboxylic acids is 2. The number of benzene rings is 3. The highest BCUT2D eigenvalue weighted by atomic mass is 35.5. The van der Waals surface area contributed by atoms with Crippen molar-refractivity contribution in [3.63, 3.8) is 0 Å². The maximum Gasteiger partial charge on any atom is 0.300 e. The lowest BCUT2D eigenvalue weighted by molar-refractivity contribution is -0.132. The van der Waals surface area contributed by atoms with E-state index in [1.807, 2.05) is 13.0 Å². The fraction of sp³-hybridized carbons (Fsp3) is 0.120. The number of carbonyl (C=O) groups is 2. The highest BCUT2D eigenvalue weighted by Crippen LogP contribution is 2.43. The van der Waals surface area contributed by atoms with Gasteiger partial charge in [0.25, 0.3) is 11.7 Å². The Balaban J connectivity index is 1.94. The Labute approximate surface area is 185 Å². The van der Waals surface area contributed by atoms with Gasteiger partial charge in [-0.05, 0) is 42.3 Å². The van der Waals surface area contributed by atoms with E-state index in [1.54, 1.807) is 73.8 Å². The van der Waals surface area contributed by atoms with Gasteiger partial charge in [-0.1, -0.05) is 60.1 Å². The van der Waals surface area contributed by atoms with Crippen molar-refractivity contribution in [2.45, 2.75) is 13.0 Å². The zero-order chi connectivity index (χ0) is 22.1. The van der Waals surface area contributed by atoms with Gasteiger partial charge in [-0.3, -0.25) is 14.5 Å². The number of halogens is 1. The monoisotopic (exact) mass is 433 g/mol. The molecule has 31 heavy (non-hydrogen) atoms. The highest BCUT2D eigenvalue weighted by molar-refractivity contribution is 6.51. The number of rotatable bonds is 4. The van der Waals surface area contributed by atoms with E-state index in [2.05, 4.69) is 0 Å². The van der Waals surface area contributed by atoms with Crippen molar-refractivity contribution in [1.29, 1.82) is 0 Å². The van der Waals surface area contributed by atoms with Gasteiger partial charge in [-0.25, -0.2) is 0 Å². The van der Waals surface area contributed by atoms with E-state index in [0.717, 1.165) is 5.56 Å². The van der Waals surface area contributed by atoms with E-state index >= 15 is 0 Å². The van der Waals surface area contributed by atoms with E-state index < -0.39 is 17.7 Å². The van der Waals surface area contributed by atoms with Crippen LogP contribution < -0.4 is 9.64 Å². The van der Waals surface area contributed by atoms with E-state index in [1.165, 1.54) is 4.90 Å². The van der Waals surface area contributed by atoms with Crippen LogP contribution in [0.5, 0.6) is 5.75 Å². The molecule has 6 heteroatoms. The largest absolute Gasteiger partial charge is 0.507 e. The fourth-order valence-electron chi connectivity index (χ4n) is 3.68. The molecule has 1 fully saturated rings. The number of anilines is 1. The lowest BCUT2D eigenvalue weighted by Crippen LogP contribution is -2.29. The summed E-state index contributed by atoms with van der Waals surface area (Å²) >= 11 is 6.30. The molecule has 0 radical (unpaired) electrons. The normalized spacial score (nSPS) is 17.8. The number of methoxy groups -OCH3 is 1. The smallest absolute Gasteiger partial charge is 0.300 e. The minimum Gasteiger partial charge on any atom is -0.507 e. The highest BCUT2D eigenvalue weighted by Gasteiger charge is 2.47. The molecule has 1 N–H and O–H groups in total. The number of nitrogens with zero attached hydrogens (tertiary/aromatic N) is 1. The molecule has 1 aliphatic heterocycles. The summed E-state index contributed by atoms with van der Waals surface area (Å²) in [4.78, 5) is 27.6. The number of Topliss-reactive ketones (excluding diaryl/α,β-unsaturated/α-hetero) is 1. The van der Waals surface area contributed by atoms with Crippen LogP contribution in [0, 0.1) is 6.92 Å². The third-order valence-electron chi connectivity index (χ3n) is 5.36.